The number of fused-ring (bicyclic) bond motifs is 5. The third-order valence-electron chi connectivity index (χ3n) is 5.55. The predicted molar refractivity (Wildman–Crippen MR) is 97.2 cm³/mol. The van der Waals surface area contributed by atoms with E-state index in [0.717, 1.165) is 21.9 Å². The summed E-state index contributed by atoms with van der Waals surface area (Å²) in [4.78, 5) is 29.6. The van der Waals surface area contributed by atoms with E-state index in [4.69, 9.17) is 0 Å². The van der Waals surface area contributed by atoms with Gasteiger partial charge >= 0.3 is 0 Å². The van der Waals surface area contributed by atoms with Crippen molar-refractivity contribution in [1.29, 1.82) is 0 Å². The second-order valence-corrected chi connectivity index (χ2v) is 8.01. The summed E-state index contributed by atoms with van der Waals surface area (Å²) in [6, 6.07) is 17.7. The first-order valence-electron chi connectivity index (χ1n) is 8.62. The topological polar surface area (TPSA) is 37.4 Å². The molecule has 2 aromatic carbocycles. The maximum atomic E-state index is 13.1. The highest BCUT2D eigenvalue weighted by molar-refractivity contribution is 7.99. The molecule has 0 unspecified atom stereocenters. The van der Waals surface area contributed by atoms with Crippen LogP contribution in [0.4, 0.5) is 5.69 Å². The molecule has 0 aromatic heterocycles. The van der Waals surface area contributed by atoms with Gasteiger partial charge in [-0.25, -0.2) is 4.90 Å². The number of rotatable bonds is 3. The average molecular weight is 347 g/mol. The summed E-state index contributed by atoms with van der Waals surface area (Å²) in [6.45, 7) is 0. The van der Waals surface area contributed by atoms with Crippen LogP contribution in [0.2, 0.25) is 0 Å². The maximum absolute atomic E-state index is 13.1. The second kappa shape index (κ2) is 5.60. The fraction of sp³-hybridized carbons (Fsp3) is 0.238. The van der Waals surface area contributed by atoms with Crippen LogP contribution in [0, 0.1) is 23.7 Å². The first kappa shape index (κ1) is 15.0. The Hall–Kier alpha value is -2.33. The molecule has 124 valence electrons. The highest BCUT2D eigenvalue weighted by atomic mass is 32.2. The van der Waals surface area contributed by atoms with Gasteiger partial charge in [0.15, 0.2) is 0 Å². The van der Waals surface area contributed by atoms with Gasteiger partial charge in [-0.15, -0.1) is 0 Å². The number of hydrogen-bond acceptors (Lipinski definition) is 3. The van der Waals surface area contributed by atoms with Crippen molar-refractivity contribution in [3.63, 3.8) is 0 Å². The molecule has 2 fully saturated rings. The van der Waals surface area contributed by atoms with Crippen molar-refractivity contribution in [2.45, 2.75) is 16.2 Å². The van der Waals surface area contributed by atoms with Gasteiger partial charge in [0.25, 0.3) is 0 Å². The van der Waals surface area contributed by atoms with E-state index in [0.29, 0.717) is 0 Å². The number of para-hydroxylation sites is 1. The standard InChI is InChI=1S/C21H17NO2S/c23-20-18-13-10-11-14(12-13)19(18)21(24)22(20)16-8-4-5-9-17(16)25-15-6-2-1-3-7-15/h1-11,13-14,18-19H,12H2/t13-,14-,18-,19-/m0/s1. The summed E-state index contributed by atoms with van der Waals surface area (Å²) >= 11 is 1.59. The van der Waals surface area contributed by atoms with Crippen LogP contribution in [0.1, 0.15) is 6.42 Å². The second-order valence-electron chi connectivity index (χ2n) is 6.89. The summed E-state index contributed by atoms with van der Waals surface area (Å²) < 4.78 is 0. The normalized spacial score (nSPS) is 29.5. The zero-order valence-electron chi connectivity index (χ0n) is 13.5. The molecule has 2 aromatic rings. The number of allylic oxidation sites excluding steroid dienone is 2. The number of anilines is 1. The van der Waals surface area contributed by atoms with Crippen molar-refractivity contribution in [3.05, 3.63) is 66.7 Å². The first-order valence-corrected chi connectivity index (χ1v) is 9.44. The Morgan fingerprint density at radius 2 is 1.40 bits per heavy atom. The highest BCUT2D eigenvalue weighted by Gasteiger charge is 2.59. The van der Waals surface area contributed by atoms with E-state index in [9.17, 15) is 9.59 Å². The monoisotopic (exact) mass is 347 g/mol. The zero-order valence-corrected chi connectivity index (χ0v) is 14.4. The van der Waals surface area contributed by atoms with Crippen molar-refractivity contribution in [3.8, 4) is 0 Å². The fourth-order valence-electron chi connectivity index (χ4n) is 4.48. The molecule has 2 bridgehead atoms. The first-order chi connectivity index (χ1) is 12.2. The highest BCUT2D eigenvalue weighted by Crippen LogP contribution is 2.54. The van der Waals surface area contributed by atoms with Crippen LogP contribution in [-0.4, -0.2) is 11.8 Å². The number of imide groups is 1. The van der Waals surface area contributed by atoms with Gasteiger partial charge in [0.1, 0.15) is 0 Å². The minimum atomic E-state index is -0.155. The van der Waals surface area contributed by atoms with Gasteiger partial charge in [-0.3, -0.25) is 9.59 Å². The smallest absolute Gasteiger partial charge is 0.238 e. The third-order valence-corrected chi connectivity index (χ3v) is 6.62. The Morgan fingerprint density at radius 1 is 0.800 bits per heavy atom. The Labute approximate surface area is 150 Å². The summed E-state index contributed by atoms with van der Waals surface area (Å²) in [5.74, 6) is 0.131. The lowest BCUT2D eigenvalue weighted by atomic mass is 9.85. The van der Waals surface area contributed by atoms with Crippen LogP contribution in [0.5, 0.6) is 0 Å². The Morgan fingerprint density at radius 3 is 2.08 bits per heavy atom. The number of benzene rings is 2. The van der Waals surface area contributed by atoms with Gasteiger partial charge in [-0.1, -0.05) is 54.2 Å². The van der Waals surface area contributed by atoms with Crippen molar-refractivity contribution in [2.75, 3.05) is 4.90 Å². The van der Waals surface area contributed by atoms with E-state index in [1.807, 2.05) is 54.6 Å². The van der Waals surface area contributed by atoms with Crippen molar-refractivity contribution in [2.24, 2.45) is 23.7 Å². The van der Waals surface area contributed by atoms with Gasteiger partial charge in [0, 0.05) is 9.79 Å². The minimum absolute atomic E-state index is 0.0204. The Kier molecular flexibility index (Phi) is 3.35. The van der Waals surface area contributed by atoms with Gasteiger partial charge in [0.05, 0.1) is 17.5 Å². The lowest BCUT2D eigenvalue weighted by Gasteiger charge is -2.20. The van der Waals surface area contributed by atoms with Crippen LogP contribution < -0.4 is 4.90 Å². The van der Waals surface area contributed by atoms with E-state index in [-0.39, 0.29) is 35.5 Å². The van der Waals surface area contributed by atoms with Gasteiger partial charge in [-0.05, 0) is 42.5 Å². The molecule has 4 heteroatoms. The quantitative estimate of drug-likeness (QED) is 0.618. The van der Waals surface area contributed by atoms with Crippen LogP contribution in [-0.2, 0) is 9.59 Å². The molecule has 3 aliphatic rings. The van der Waals surface area contributed by atoms with E-state index >= 15 is 0 Å². The average Bonchev–Trinajstić information content (AvgIpc) is 3.31. The summed E-state index contributed by atoms with van der Waals surface area (Å²) in [5.41, 5.74) is 0.722. The maximum Gasteiger partial charge on any atom is 0.238 e. The lowest BCUT2D eigenvalue weighted by Crippen LogP contribution is -2.33. The molecular weight excluding hydrogens is 330 g/mol. The van der Waals surface area contributed by atoms with Crippen molar-refractivity contribution >= 4 is 29.3 Å². The van der Waals surface area contributed by atoms with E-state index in [1.165, 1.54) is 4.90 Å². The van der Waals surface area contributed by atoms with E-state index in [1.54, 1.807) is 11.8 Å². The fourth-order valence-corrected chi connectivity index (χ4v) is 5.44. The number of carbonyl (C=O) groups is 2. The van der Waals surface area contributed by atoms with Gasteiger partial charge in [0.2, 0.25) is 11.8 Å². The molecule has 2 aliphatic carbocycles. The molecule has 4 atom stereocenters. The molecule has 1 heterocycles. The molecular formula is C21H17NO2S. The van der Waals surface area contributed by atoms with Crippen LogP contribution in [0.3, 0.4) is 0 Å². The molecule has 1 saturated carbocycles. The molecule has 1 saturated heterocycles. The summed E-state index contributed by atoms with van der Waals surface area (Å²) in [7, 11) is 0. The molecule has 0 spiro atoms. The molecule has 3 nitrogen and oxygen atoms in total. The molecule has 25 heavy (non-hydrogen) atoms. The predicted octanol–water partition coefficient (Wildman–Crippen LogP) is 4.15. The summed E-state index contributed by atoms with van der Waals surface area (Å²) in [5, 5.41) is 0. The number of nitrogens with zero attached hydrogens (tertiary/aromatic N) is 1. The number of amides is 2. The Bertz CT molecular complexity index is 862. The van der Waals surface area contributed by atoms with E-state index < -0.39 is 0 Å². The number of carbonyl (C=O) groups excluding carboxylic acids is 2. The largest absolute Gasteiger partial charge is 0.274 e. The third kappa shape index (κ3) is 2.20. The molecule has 0 radical (unpaired) electrons. The molecule has 2 amide bonds. The van der Waals surface area contributed by atoms with Crippen LogP contribution in [0.25, 0.3) is 0 Å². The van der Waals surface area contributed by atoms with Crippen molar-refractivity contribution in [1.82, 2.24) is 0 Å². The van der Waals surface area contributed by atoms with Crippen LogP contribution in [0.15, 0.2) is 76.5 Å². The molecule has 5 rings (SSSR count). The van der Waals surface area contributed by atoms with Crippen LogP contribution >= 0.6 is 11.8 Å². The van der Waals surface area contributed by atoms with Gasteiger partial charge < -0.3 is 0 Å². The van der Waals surface area contributed by atoms with E-state index in [2.05, 4.69) is 12.2 Å². The molecule has 0 N–H and O–H groups in total. The van der Waals surface area contributed by atoms with Crippen molar-refractivity contribution < 1.29 is 9.59 Å². The van der Waals surface area contributed by atoms with Gasteiger partial charge in [-0.2, -0.15) is 0 Å². The number of hydrogen-bond donors (Lipinski definition) is 0. The zero-order chi connectivity index (χ0) is 17.0. The SMILES string of the molecule is O=C1[C@@H]2[C@@H](C(=O)N1c1ccccc1Sc1ccccc1)[C@H]1C=C[C@H]2C1. The summed E-state index contributed by atoms with van der Waals surface area (Å²) in [6.07, 6.45) is 5.22. The lowest BCUT2D eigenvalue weighted by molar-refractivity contribution is -0.123. The molecule has 1 aliphatic heterocycles. The minimum Gasteiger partial charge on any atom is -0.274 e. The Balaban J connectivity index is 1.52.